The van der Waals surface area contributed by atoms with Crippen molar-refractivity contribution in [3.05, 3.63) is 53.6 Å². The molecule has 112 valence electrons. The van der Waals surface area contributed by atoms with Crippen molar-refractivity contribution in [2.75, 3.05) is 17.1 Å². The van der Waals surface area contributed by atoms with Gasteiger partial charge in [0.2, 0.25) is 0 Å². The van der Waals surface area contributed by atoms with Gasteiger partial charge in [-0.05, 0) is 48.7 Å². The van der Waals surface area contributed by atoms with E-state index >= 15 is 0 Å². The van der Waals surface area contributed by atoms with Crippen LogP contribution >= 0.6 is 0 Å². The number of nitrogen functional groups attached to an aromatic ring is 1. The summed E-state index contributed by atoms with van der Waals surface area (Å²) in [5, 5.41) is 0. The Bertz CT molecular complexity index is 737. The third kappa shape index (κ3) is 2.88. The van der Waals surface area contributed by atoms with E-state index in [1.807, 2.05) is 24.3 Å². The Morgan fingerprint density at radius 1 is 1.10 bits per heavy atom. The van der Waals surface area contributed by atoms with E-state index in [1.165, 1.54) is 9.87 Å². The van der Waals surface area contributed by atoms with Crippen LogP contribution in [-0.2, 0) is 16.4 Å². The van der Waals surface area contributed by atoms with Crippen molar-refractivity contribution < 1.29 is 8.42 Å². The van der Waals surface area contributed by atoms with Crippen LogP contribution in [0.2, 0.25) is 0 Å². The van der Waals surface area contributed by atoms with Gasteiger partial charge in [-0.2, -0.15) is 0 Å². The van der Waals surface area contributed by atoms with E-state index in [4.69, 9.17) is 5.73 Å². The molecule has 0 amide bonds. The van der Waals surface area contributed by atoms with Crippen LogP contribution in [0, 0.1) is 6.92 Å². The fourth-order valence-electron chi connectivity index (χ4n) is 2.14. The van der Waals surface area contributed by atoms with Crippen LogP contribution in [0.4, 0.5) is 11.4 Å². The quantitative estimate of drug-likeness (QED) is 0.883. The molecule has 4 nitrogen and oxygen atoms in total. The SMILES string of the molecule is CCc1ccc(N(C)S(=O)(=O)c2cccc(N)c2C)cc1. The molecule has 21 heavy (non-hydrogen) atoms. The Labute approximate surface area is 126 Å². The second-order valence-corrected chi connectivity index (χ2v) is 6.90. The van der Waals surface area contributed by atoms with Crippen LogP contribution in [0.25, 0.3) is 0 Å². The Morgan fingerprint density at radius 2 is 1.71 bits per heavy atom. The second-order valence-electron chi connectivity index (χ2n) is 4.96. The van der Waals surface area contributed by atoms with Gasteiger partial charge in [0.05, 0.1) is 10.6 Å². The molecule has 2 N–H and O–H groups in total. The molecule has 0 aliphatic heterocycles. The van der Waals surface area contributed by atoms with Crippen LogP contribution in [-0.4, -0.2) is 15.5 Å². The summed E-state index contributed by atoms with van der Waals surface area (Å²) in [7, 11) is -2.06. The topological polar surface area (TPSA) is 63.4 Å². The number of anilines is 2. The van der Waals surface area contributed by atoms with Gasteiger partial charge < -0.3 is 5.73 Å². The first-order chi connectivity index (χ1) is 9.87. The first-order valence-electron chi connectivity index (χ1n) is 6.81. The molecular weight excluding hydrogens is 284 g/mol. The Hall–Kier alpha value is -2.01. The van der Waals surface area contributed by atoms with Crippen molar-refractivity contribution in [3.63, 3.8) is 0 Å². The summed E-state index contributed by atoms with van der Waals surface area (Å²) in [5.41, 5.74) is 8.67. The number of sulfonamides is 1. The molecule has 0 fully saturated rings. The Kier molecular flexibility index (Phi) is 4.23. The zero-order chi connectivity index (χ0) is 15.6. The molecule has 2 aromatic rings. The summed E-state index contributed by atoms with van der Waals surface area (Å²) < 4.78 is 26.7. The smallest absolute Gasteiger partial charge is 0.264 e. The normalized spacial score (nSPS) is 11.4. The van der Waals surface area contributed by atoms with Crippen molar-refractivity contribution in [1.29, 1.82) is 0 Å². The summed E-state index contributed by atoms with van der Waals surface area (Å²) in [5.74, 6) is 0. The molecule has 0 aromatic heterocycles. The average molecular weight is 304 g/mol. The van der Waals surface area contributed by atoms with Gasteiger partial charge in [0.25, 0.3) is 10.0 Å². The third-order valence-electron chi connectivity index (χ3n) is 3.67. The fraction of sp³-hybridized carbons (Fsp3) is 0.250. The maximum atomic E-state index is 12.7. The standard InChI is InChI=1S/C16H20N2O2S/c1-4-13-8-10-14(11-9-13)18(3)21(19,20)16-7-5-6-15(17)12(16)2/h5-11H,4,17H2,1-3H3. The van der Waals surface area contributed by atoms with Crippen molar-refractivity contribution in [1.82, 2.24) is 0 Å². The largest absolute Gasteiger partial charge is 0.398 e. The molecular formula is C16H20N2O2S. The first-order valence-corrected chi connectivity index (χ1v) is 8.25. The van der Waals surface area contributed by atoms with Gasteiger partial charge in [-0.3, -0.25) is 4.31 Å². The molecule has 0 aliphatic carbocycles. The summed E-state index contributed by atoms with van der Waals surface area (Å²) in [6.45, 7) is 3.78. The highest BCUT2D eigenvalue weighted by atomic mass is 32.2. The average Bonchev–Trinajstić information content (AvgIpc) is 2.49. The van der Waals surface area contributed by atoms with Crippen LogP contribution in [0.1, 0.15) is 18.1 Å². The molecule has 0 saturated heterocycles. The summed E-state index contributed by atoms with van der Waals surface area (Å²) in [6.07, 6.45) is 0.922. The summed E-state index contributed by atoms with van der Waals surface area (Å²) in [4.78, 5) is 0.240. The molecule has 0 heterocycles. The highest BCUT2D eigenvalue weighted by Crippen LogP contribution is 2.27. The van der Waals surface area contributed by atoms with Crippen LogP contribution in [0.15, 0.2) is 47.4 Å². The van der Waals surface area contributed by atoms with E-state index < -0.39 is 10.0 Å². The lowest BCUT2D eigenvalue weighted by molar-refractivity contribution is 0.594. The number of benzene rings is 2. The summed E-state index contributed by atoms with van der Waals surface area (Å²) >= 11 is 0. The van der Waals surface area contributed by atoms with E-state index in [1.54, 1.807) is 32.2 Å². The predicted octanol–water partition coefficient (Wildman–Crippen LogP) is 2.96. The zero-order valence-corrected chi connectivity index (χ0v) is 13.3. The molecule has 0 saturated carbocycles. The monoisotopic (exact) mass is 304 g/mol. The van der Waals surface area contributed by atoms with Crippen molar-refractivity contribution in [2.24, 2.45) is 0 Å². The molecule has 0 unspecified atom stereocenters. The van der Waals surface area contributed by atoms with E-state index in [-0.39, 0.29) is 4.90 Å². The Balaban J connectivity index is 2.44. The van der Waals surface area contributed by atoms with E-state index in [2.05, 4.69) is 6.92 Å². The van der Waals surface area contributed by atoms with Crippen LogP contribution in [0.5, 0.6) is 0 Å². The number of hydrogen-bond acceptors (Lipinski definition) is 3. The molecule has 2 rings (SSSR count). The molecule has 0 radical (unpaired) electrons. The first kappa shape index (κ1) is 15.4. The predicted molar refractivity (Wildman–Crippen MR) is 87.0 cm³/mol. The van der Waals surface area contributed by atoms with Gasteiger partial charge in [0, 0.05) is 12.7 Å². The van der Waals surface area contributed by atoms with Gasteiger partial charge in [0.1, 0.15) is 0 Å². The number of aryl methyl sites for hydroxylation is 1. The fourth-order valence-corrected chi connectivity index (χ4v) is 3.59. The minimum Gasteiger partial charge on any atom is -0.398 e. The number of hydrogen-bond donors (Lipinski definition) is 1. The van der Waals surface area contributed by atoms with E-state index in [0.717, 1.165) is 6.42 Å². The highest BCUT2D eigenvalue weighted by Gasteiger charge is 2.23. The molecule has 5 heteroatoms. The molecule has 0 bridgehead atoms. The van der Waals surface area contributed by atoms with Gasteiger partial charge in [-0.25, -0.2) is 8.42 Å². The second kappa shape index (κ2) is 5.77. The molecule has 2 aromatic carbocycles. The van der Waals surface area contributed by atoms with Crippen LogP contribution in [0.3, 0.4) is 0 Å². The van der Waals surface area contributed by atoms with E-state index in [9.17, 15) is 8.42 Å². The maximum absolute atomic E-state index is 12.7. The number of nitrogens with zero attached hydrogens (tertiary/aromatic N) is 1. The van der Waals surface area contributed by atoms with Gasteiger partial charge in [-0.1, -0.05) is 25.1 Å². The Morgan fingerprint density at radius 3 is 2.29 bits per heavy atom. The lowest BCUT2D eigenvalue weighted by Crippen LogP contribution is -2.27. The molecule has 0 aliphatic rings. The maximum Gasteiger partial charge on any atom is 0.264 e. The molecule has 0 atom stereocenters. The molecule has 0 spiro atoms. The highest BCUT2D eigenvalue weighted by molar-refractivity contribution is 7.92. The summed E-state index contributed by atoms with van der Waals surface area (Å²) in [6, 6.07) is 12.4. The van der Waals surface area contributed by atoms with Crippen molar-refractivity contribution >= 4 is 21.4 Å². The van der Waals surface area contributed by atoms with Crippen molar-refractivity contribution in [2.45, 2.75) is 25.2 Å². The van der Waals surface area contributed by atoms with Gasteiger partial charge in [-0.15, -0.1) is 0 Å². The number of rotatable bonds is 4. The van der Waals surface area contributed by atoms with Gasteiger partial charge in [0.15, 0.2) is 0 Å². The third-order valence-corrected chi connectivity index (χ3v) is 5.60. The van der Waals surface area contributed by atoms with E-state index in [0.29, 0.717) is 16.9 Å². The zero-order valence-electron chi connectivity index (χ0n) is 12.5. The van der Waals surface area contributed by atoms with Gasteiger partial charge >= 0.3 is 0 Å². The minimum atomic E-state index is -3.61. The lowest BCUT2D eigenvalue weighted by Gasteiger charge is -2.21. The lowest BCUT2D eigenvalue weighted by atomic mass is 10.1. The van der Waals surface area contributed by atoms with Crippen molar-refractivity contribution in [3.8, 4) is 0 Å². The number of nitrogens with two attached hydrogens (primary N) is 1. The minimum absolute atomic E-state index is 0.240. The van der Waals surface area contributed by atoms with Crippen LogP contribution < -0.4 is 10.0 Å².